The Morgan fingerprint density at radius 1 is 1.26 bits per heavy atom. The van der Waals surface area contributed by atoms with E-state index in [1.807, 2.05) is 25.1 Å². The molecule has 1 aromatic heterocycles. The van der Waals surface area contributed by atoms with Crippen molar-refractivity contribution in [1.29, 1.82) is 0 Å². The number of benzene rings is 1. The number of aryl methyl sites for hydroxylation is 1. The third kappa shape index (κ3) is 8.92. The van der Waals surface area contributed by atoms with Crippen molar-refractivity contribution in [3.05, 3.63) is 45.9 Å². The Morgan fingerprint density at radius 2 is 2.04 bits per heavy atom. The first-order valence-corrected chi connectivity index (χ1v) is 10.0. The summed E-state index contributed by atoms with van der Waals surface area (Å²) in [6.07, 6.45) is 1.95. The predicted molar refractivity (Wildman–Crippen MR) is 126 cm³/mol. The van der Waals surface area contributed by atoms with Crippen LogP contribution in [0, 0.1) is 12.8 Å². The minimum atomic E-state index is 0. The number of hydrogen-bond donors (Lipinski definition) is 2. The Kier molecular flexibility index (Phi) is 11.3. The highest BCUT2D eigenvalue weighted by Gasteiger charge is 2.06. The van der Waals surface area contributed by atoms with E-state index in [4.69, 9.17) is 4.74 Å². The molecule has 0 aliphatic rings. The van der Waals surface area contributed by atoms with Gasteiger partial charge in [-0.15, -0.1) is 35.3 Å². The number of aliphatic imine (C=N–C) groups is 1. The van der Waals surface area contributed by atoms with Crippen LogP contribution in [0.3, 0.4) is 0 Å². The van der Waals surface area contributed by atoms with Crippen LogP contribution < -0.4 is 15.4 Å². The summed E-state index contributed by atoms with van der Waals surface area (Å²) in [7, 11) is 1.79. The monoisotopic (exact) mass is 502 g/mol. The van der Waals surface area contributed by atoms with Crippen molar-refractivity contribution < 1.29 is 4.74 Å². The SMILES string of the molecule is CN=C(NCCc1csc(C)n1)NCc1ccccc1OCCC(C)C.I. The van der Waals surface area contributed by atoms with Gasteiger partial charge in [0.05, 0.1) is 17.3 Å². The number of guanidine groups is 1. The van der Waals surface area contributed by atoms with Crippen molar-refractivity contribution in [2.24, 2.45) is 10.9 Å². The molecule has 0 aliphatic carbocycles. The molecular weight excluding hydrogens is 471 g/mol. The van der Waals surface area contributed by atoms with Gasteiger partial charge in [-0.3, -0.25) is 4.99 Å². The van der Waals surface area contributed by atoms with Crippen molar-refractivity contribution in [3.63, 3.8) is 0 Å². The average Bonchev–Trinajstić information content (AvgIpc) is 3.04. The highest BCUT2D eigenvalue weighted by molar-refractivity contribution is 14.0. The molecule has 27 heavy (non-hydrogen) atoms. The second-order valence-electron chi connectivity index (χ2n) is 6.60. The molecule has 7 heteroatoms. The summed E-state index contributed by atoms with van der Waals surface area (Å²) in [5.74, 6) is 2.37. The summed E-state index contributed by atoms with van der Waals surface area (Å²) >= 11 is 1.69. The van der Waals surface area contributed by atoms with Crippen LogP contribution in [0.4, 0.5) is 0 Å². The fourth-order valence-electron chi connectivity index (χ4n) is 2.43. The predicted octanol–water partition coefficient (Wildman–Crippen LogP) is 4.40. The lowest BCUT2D eigenvalue weighted by Gasteiger charge is -2.15. The molecule has 150 valence electrons. The van der Waals surface area contributed by atoms with E-state index < -0.39 is 0 Å². The summed E-state index contributed by atoms with van der Waals surface area (Å²) in [5, 5.41) is 9.91. The maximum Gasteiger partial charge on any atom is 0.191 e. The van der Waals surface area contributed by atoms with Gasteiger partial charge in [-0.2, -0.15) is 0 Å². The van der Waals surface area contributed by atoms with Crippen LogP contribution in [0.2, 0.25) is 0 Å². The van der Waals surface area contributed by atoms with Crippen LogP contribution >= 0.6 is 35.3 Å². The Balaban J connectivity index is 0.00000364. The van der Waals surface area contributed by atoms with Crippen LogP contribution in [0.25, 0.3) is 0 Å². The van der Waals surface area contributed by atoms with E-state index >= 15 is 0 Å². The quantitative estimate of drug-likeness (QED) is 0.303. The van der Waals surface area contributed by atoms with E-state index in [0.29, 0.717) is 12.5 Å². The van der Waals surface area contributed by atoms with Gasteiger partial charge in [0.1, 0.15) is 5.75 Å². The number of nitrogens with zero attached hydrogens (tertiary/aromatic N) is 2. The number of hydrogen-bond acceptors (Lipinski definition) is 4. The first kappa shape index (κ1) is 23.7. The topological polar surface area (TPSA) is 58.5 Å². The second-order valence-corrected chi connectivity index (χ2v) is 7.66. The molecule has 0 unspecified atom stereocenters. The fourth-order valence-corrected chi connectivity index (χ4v) is 3.07. The average molecular weight is 502 g/mol. The highest BCUT2D eigenvalue weighted by Crippen LogP contribution is 2.18. The summed E-state index contributed by atoms with van der Waals surface area (Å²) in [5.41, 5.74) is 2.26. The van der Waals surface area contributed by atoms with Crippen molar-refractivity contribution in [1.82, 2.24) is 15.6 Å². The number of thiazole rings is 1. The molecule has 1 aromatic carbocycles. The standard InChI is InChI=1S/C20H30N4OS.HI/c1-15(2)10-12-25-19-8-6-5-7-17(19)13-23-20(21-4)22-11-9-18-14-26-16(3)24-18;/h5-8,14-15H,9-13H2,1-4H3,(H2,21,22,23);1H. The fraction of sp³-hybridized carbons (Fsp3) is 0.500. The molecule has 2 aromatic rings. The van der Waals surface area contributed by atoms with E-state index in [-0.39, 0.29) is 24.0 Å². The number of rotatable bonds is 9. The minimum Gasteiger partial charge on any atom is -0.493 e. The van der Waals surface area contributed by atoms with Gasteiger partial charge in [0, 0.05) is 37.5 Å². The van der Waals surface area contributed by atoms with Crippen molar-refractivity contribution in [2.45, 2.75) is 40.2 Å². The Hall–Kier alpha value is -1.35. The normalized spacial score (nSPS) is 11.2. The molecule has 0 radical (unpaired) electrons. The third-order valence-electron chi connectivity index (χ3n) is 3.94. The number of ether oxygens (including phenoxy) is 1. The zero-order chi connectivity index (χ0) is 18.8. The van der Waals surface area contributed by atoms with E-state index in [2.05, 4.69) is 45.9 Å². The minimum absolute atomic E-state index is 0. The molecule has 0 spiro atoms. The van der Waals surface area contributed by atoms with Crippen molar-refractivity contribution in [3.8, 4) is 5.75 Å². The molecule has 2 N–H and O–H groups in total. The molecule has 1 heterocycles. The lowest BCUT2D eigenvalue weighted by atomic mass is 10.1. The maximum atomic E-state index is 5.95. The van der Waals surface area contributed by atoms with Crippen LogP contribution in [-0.4, -0.2) is 31.1 Å². The van der Waals surface area contributed by atoms with Crippen molar-refractivity contribution >= 4 is 41.3 Å². The lowest BCUT2D eigenvalue weighted by Crippen LogP contribution is -2.38. The molecule has 0 atom stereocenters. The van der Waals surface area contributed by atoms with Gasteiger partial charge in [-0.25, -0.2) is 4.98 Å². The molecular formula is C20H31IN4OS. The Bertz CT molecular complexity index is 703. The summed E-state index contributed by atoms with van der Waals surface area (Å²) < 4.78 is 5.95. The smallest absolute Gasteiger partial charge is 0.191 e. The van der Waals surface area contributed by atoms with Gasteiger partial charge in [-0.05, 0) is 25.3 Å². The van der Waals surface area contributed by atoms with Gasteiger partial charge < -0.3 is 15.4 Å². The summed E-state index contributed by atoms with van der Waals surface area (Å²) in [6, 6.07) is 8.16. The van der Waals surface area contributed by atoms with Crippen LogP contribution in [0.5, 0.6) is 5.75 Å². The van der Waals surface area contributed by atoms with Crippen LogP contribution in [0.1, 0.15) is 36.5 Å². The van der Waals surface area contributed by atoms with Gasteiger partial charge in [0.2, 0.25) is 0 Å². The van der Waals surface area contributed by atoms with E-state index in [1.165, 1.54) is 0 Å². The van der Waals surface area contributed by atoms with Crippen LogP contribution in [-0.2, 0) is 13.0 Å². The molecule has 0 amide bonds. The second kappa shape index (κ2) is 12.9. The van der Waals surface area contributed by atoms with Gasteiger partial charge in [0.25, 0.3) is 0 Å². The van der Waals surface area contributed by atoms with Gasteiger partial charge in [0.15, 0.2) is 5.96 Å². The molecule has 2 rings (SSSR count). The summed E-state index contributed by atoms with van der Waals surface area (Å²) in [6.45, 7) is 8.67. The van der Waals surface area contributed by atoms with Crippen molar-refractivity contribution in [2.75, 3.05) is 20.2 Å². The van der Waals surface area contributed by atoms with Crippen LogP contribution in [0.15, 0.2) is 34.6 Å². The molecule has 0 bridgehead atoms. The number of halogens is 1. The first-order chi connectivity index (χ1) is 12.6. The largest absolute Gasteiger partial charge is 0.493 e. The lowest BCUT2D eigenvalue weighted by molar-refractivity contribution is 0.286. The highest BCUT2D eigenvalue weighted by atomic mass is 127. The zero-order valence-corrected chi connectivity index (χ0v) is 19.8. The molecule has 0 saturated heterocycles. The molecule has 0 aliphatic heterocycles. The number of aromatic nitrogens is 1. The Labute approximate surface area is 184 Å². The van der Waals surface area contributed by atoms with Gasteiger partial charge >= 0.3 is 0 Å². The summed E-state index contributed by atoms with van der Waals surface area (Å²) in [4.78, 5) is 8.77. The third-order valence-corrected chi connectivity index (χ3v) is 4.76. The number of para-hydroxylation sites is 1. The van der Waals surface area contributed by atoms with E-state index in [9.17, 15) is 0 Å². The Morgan fingerprint density at radius 3 is 2.70 bits per heavy atom. The van der Waals surface area contributed by atoms with E-state index in [0.717, 1.165) is 54.0 Å². The first-order valence-electron chi connectivity index (χ1n) is 9.14. The molecule has 5 nitrogen and oxygen atoms in total. The van der Waals surface area contributed by atoms with Gasteiger partial charge in [-0.1, -0.05) is 32.0 Å². The molecule has 0 fully saturated rings. The zero-order valence-electron chi connectivity index (χ0n) is 16.6. The molecule has 0 saturated carbocycles. The number of nitrogens with one attached hydrogen (secondary N) is 2. The van der Waals surface area contributed by atoms with E-state index in [1.54, 1.807) is 18.4 Å². The maximum absolute atomic E-state index is 5.95.